The number of hydrogen-bond acceptors (Lipinski definition) is 7. The first-order chi connectivity index (χ1) is 17.6. The van der Waals surface area contributed by atoms with Crippen molar-refractivity contribution in [3.63, 3.8) is 0 Å². The zero-order valence-electron chi connectivity index (χ0n) is 19.0. The lowest BCUT2D eigenvalue weighted by Crippen LogP contribution is -2.11. The fourth-order valence-corrected chi connectivity index (χ4v) is 4.72. The van der Waals surface area contributed by atoms with Crippen molar-refractivity contribution in [3.05, 3.63) is 97.1 Å². The van der Waals surface area contributed by atoms with E-state index in [9.17, 15) is 16.8 Å². The monoisotopic (exact) mass is 533 g/mol. The Hall–Kier alpha value is -4.16. The van der Waals surface area contributed by atoms with E-state index in [4.69, 9.17) is 14.1 Å². The number of benzene rings is 4. The Labute approximate surface area is 213 Å². The summed E-state index contributed by atoms with van der Waals surface area (Å²) in [5.41, 5.74) is 4.77. The topological polar surface area (TPSA) is 153 Å². The largest absolute Gasteiger partial charge is 0.416 e. The Morgan fingerprint density at radius 3 is 1.14 bits per heavy atom. The number of sulfonamides is 1. The van der Waals surface area contributed by atoms with E-state index in [-0.39, 0.29) is 9.79 Å². The van der Waals surface area contributed by atoms with Gasteiger partial charge in [-0.15, -0.1) is 10.2 Å². The number of aromatic nitrogens is 2. The minimum Gasteiger partial charge on any atom is -0.416 e. The average molecular weight is 534 g/mol. The minimum atomic E-state index is -4.24. The van der Waals surface area contributed by atoms with Crippen LogP contribution in [0.4, 0.5) is 0 Å². The Bertz CT molecular complexity index is 1650. The van der Waals surface area contributed by atoms with E-state index < -0.39 is 20.1 Å². The fraction of sp³-hybridized carbons (Fsp3) is 0. The summed E-state index contributed by atoms with van der Waals surface area (Å²) in [4.78, 5) is -0.117. The van der Waals surface area contributed by atoms with Crippen molar-refractivity contribution in [2.75, 3.05) is 0 Å². The first kappa shape index (κ1) is 24.5. The van der Waals surface area contributed by atoms with Crippen LogP contribution in [0.15, 0.2) is 111 Å². The molecule has 11 heteroatoms. The van der Waals surface area contributed by atoms with Crippen LogP contribution in [-0.2, 0) is 20.1 Å². The molecule has 0 aliphatic heterocycles. The first-order valence-electron chi connectivity index (χ1n) is 10.8. The van der Waals surface area contributed by atoms with Crippen molar-refractivity contribution in [1.82, 2.24) is 10.2 Å². The molecule has 186 valence electrons. The van der Waals surface area contributed by atoms with Crippen molar-refractivity contribution in [3.8, 4) is 45.2 Å². The van der Waals surface area contributed by atoms with Gasteiger partial charge in [0.15, 0.2) is 0 Å². The summed E-state index contributed by atoms with van der Waals surface area (Å²) in [5, 5.41) is 13.4. The van der Waals surface area contributed by atoms with Gasteiger partial charge < -0.3 is 4.42 Å². The zero-order valence-corrected chi connectivity index (χ0v) is 20.6. The molecule has 1 heterocycles. The van der Waals surface area contributed by atoms with Crippen LogP contribution in [-0.4, -0.2) is 31.6 Å². The van der Waals surface area contributed by atoms with E-state index in [0.717, 1.165) is 27.8 Å². The molecule has 0 aliphatic rings. The highest BCUT2D eigenvalue weighted by Gasteiger charge is 2.13. The third kappa shape index (κ3) is 5.34. The molecule has 0 saturated heterocycles. The van der Waals surface area contributed by atoms with Gasteiger partial charge in [0.25, 0.3) is 10.1 Å². The predicted molar refractivity (Wildman–Crippen MR) is 137 cm³/mol. The molecule has 0 atom stereocenters. The number of nitrogens with zero attached hydrogens (tertiary/aromatic N) is 2. The summed E-state index contributed by atoms with van der Waals surface area (Å²) in [6.45, 7) is 0. The molecule has 4 aromatic carbocycles. The molecule has 0 aliphatic carbocycles. The first-order valence-corrected chi connectivity index (χ1v) is 13.8. The molecule has 5 rings (SSSR count). The maximum Gasteiger partial charge on any atom is 0.294 e. The van der Waals surface area contributed by atoms with E-state index in [1.165, 1.54) is 24.3 Å². The van der Waals surface area contributed by atoms with Crippen LogP contribution < -0.4 is 5.14 Å². The number of primary sulfonamides is 1. The van der Waals surface area contributed by atoms with Crippen LogP contribution in [0.2, 0.25) is 0 Å². The normalized spacial score (nSPS) is 11.9. The zero-order chi connectivity index (χ0) is 26.2. The number of nitrogens with two attached hydrogens (primary N) is 1. The summed E-state index contributed by atoms with van der Waals surface area (Å²) in [7, 11) is -7.98. The van der Waals surface area contributed by atoms with Crippen molar-refractivity contribution in [2.45, 2.75) is 9.79 Å². The lowest BCUT2D eigenvalue weighted by atomic mass is 10.0. The molecule has 9 nitrogen and oxygen atoms in total. The van der Waals surface area contributed by atoms with E-state index in [1.54, 1.807) is 24.3 Å². The Balaban J connectivity index is 1.32. The number of rotatable bonds is 6. The molecule has 3 N–H and O–H groups in total. The minimum absolute atomic E-state index is 0.0503. The molecular formula is C26H19N3O6S2. The molecule has 0 amide bonds. The molecule has 5 aromatic rings. The summed E-state index contributed by atoms with van der Waals surface area (Å²) >= 11 is 0. The van der Waals surface area contributed by atoms with Crippen LogP contribution >= 0.6 is 0 Å². The summed E-state index contributed by atoms with van der Waals surface area (Å²) < 4.78 is 60.3. The van der Waals surface area contributed by atoms with Gasteiger partial charge >= 0.3 is 0 Å². The van der Waals surface area contributed by atoms with Gasteiger partial charge in [0, 0.05) is 11.1 Å². The Kier molecular flexibility index (Phi) is 6.21. The quantitative estimate of drug-likeness (QED) is 0.300. The maximum atomic E-state index is 11.4. The third-order valence-electron chi connectivity index (χ3n) is 5.69. The molecular weight excluding hydrogens is 514 g/mol. The molecule has 1 aromatic heterocycles. The summed E-state index contributed by atoms with van der Waals surface area (Å²) in [5.74, 6) is 0.682. The van der Waals surface area contributed by atoms with Crippen molar-refractivity contribution in [1.29, 1.82) is 0 Å². The summed E-state index contributed by atoms with van der Waals surface area (Å²) in [6.07, 6.45) is 0. The lowest BCUT2D eigenvalue weighted by molar-refractivity contribution is 0.483. The predicted octanol–water partition coefficient (Wildman–Crippen LogP) is 4.63. The third-order valence-corrected chi connectivity index (χ3v) is 7.49. The van der Waals surface area contributed by atoms with Crippen molar-refractivity contribution < 1.29 is 25.8 Å². The van der Waals surface area contributed by atoms with E-state index in [1.807, 2.05) is 48.5 Å². The van der Waals surface area contributed by atoms with Crippen LogP contribution in [0.25, 0.3) is 45.2 Å². The highest BCUT2D eigenvalue weighted by atomic mass is 32.2. The second-order valence-corrected chi connectivity index (χ2v) is 11.1. The van der Waals surface area contributed by atoms with Gasteiger partial charge in [-0.05, 0) is 70.8 Å². The van der Waals surface area contributed by atoms with Crippen LogP contribution in [0.1, 0.15) is 0 Å². The van der Waals surface area contributed by atoms with Gasteiger partial charge in [-0.2, -0.15) is 8.42 Å². The fourth-order valence-electron chi connectivity index (χ4n) is 3.72. The maximum absolute atomic E-state index is 11.4. The second-order valence-electron chi connectivity index (χ2n) is 8.14. The summed E-state index contributed by atoms with van der Waals surface area (Å²) in [6, 6.07) is 26.9. The highest BCUT2D eigenvalue weighted by molar-refractivity contribution is 7.89. The molecule has 37 heavy (non-hydrogen) atoms. The van der Waals surface area contributed by atoms with E-state index in [0.29, 0.717) is 17.3 Å². The standard InChI is InChI=1S/C26H19N3O6S2/c27-36(30,31)23-13-9-19(10-14-23)17-1-5-21(6-2-17)25-28-29-26(35-25)22-7-3-18(4-8-22)20-11-15-24(16-12-20)37(32,33)34/h1-16H,(H2,27,30,31)(H,32,33,34). The van der Waals surface area contributed by atoms with Gasteiger partial charge in [-0.25, -0.2) is 13.6 Å². The Morgan fingerprint density at radius 1 is 0.514 bits per heavy atom. The van der Waals surface area contributed by atoms with Crippen LogP contribution in [0.5, 0.6) is 0 Å². The Morgan fingerprint density at radius 2 is 0.811 bits per heavy atom. The molecule has 0 radical (unpaired) electrons. The molecule has 0 unspecified atom stereocenters. The van der Waals surface area contributed by atoms with Gasteiger partial charge in [0.2, 0.25) is 21.8 Å². The van der Waals surface area contributed by atoms with Gasteiger partial charge in [-0.3, -0.25) is 4.55 Å². The lowest BCUT2D eigenvalue weighted by Gasteiger charge is -2.04. The molecule has 0 fully saturated rings. The highest BCUT2D eigenvalue weighted by Crippen LogP contribution is 2.29. The van der Waals surface area contributed by atoms with Gasteiger partial charge in [0.05, 0.1) is 9.79 Å². The van der Waals surface area contributed by atoms with Crippen molar-refractivity contribution in [2.24, 2.45) is 5.14 Å². The van der Waals surface area contributed by atoms with Gasteiger partial charge in [-0.1, -0.05) is 48.5 Å². The van der Waals surface area contributed by atoms with Crippen LogP contribution in [0, 0.1) is 0 Å². The second kappa shape index (κ2) is 9.37. The van der Waals surface area contributed by atoms with E-state index in [2.05, 4.69) is 10.2 Å². The SMILES string of the molecule is NS(=O)(=O)c1ccc(-c2ccc(-c3nnc(-c4ccc(-c5ccc(S(=O)(=O)O)cc5)cc4)o3)cc2)cc1. The van der Waals surface area contributed by atoms with Crippen molar-refractivity contribution >= 4 is 20.1 Å². The smallest absolute Gasteiger partial charge is 0.294 e. The van der Waals surface area contributed by atoms with E-state index >= 15 is 0 Å². The number of hydrogen-bond donors (Lipinski definition) is 2. The molecule has 0 bridgehead atoms. The molecule has 0 spiro atoms. The molecule has 0 saturated carbocycles. The average Bonchev–Trinajstić information content (AvgIpc) is 3.39. The van der Waals surface area contributed by atoms with Crippen LogP contribution in [0.3, 0.4) is 0 Å². The van der Waals surface area contributed by atoms with Gasteiger partial charge in [0.1, 0.15) is 0 Å².